The Morgan fingerprint density at radius 3 is 0.809 bits per heavy atom. The third-order valence-corrected chi connectivity index (χ3v) is 13.3. The molecular formula is C60H84O8. The molecule has 2 N–H and O–H groups in total. The van der Waals surface area contributed by atoms with Crippen LogP contribution in [-0.2, 0) is 92.1 Å². The second-order valence-corrected chi connectivity index (χ2v) is 23.1. The molecule has 68 heavy (non-hydrogen) atoms. The average molecular weight is 933 g/mol. The van der Waals surface area contributed by atoms with Gasteiger partial charge in [0.05, 0.1) is 13.2 Å². The van der Waals surface area contributed by atoms with Crippen molar-refractivity contribution >= 4 is 11.9 Å². The van der Waals surface area contributed by atoms with E-state index in [1.807, 2.05) is 0 Å². The highest BCUT2D eigenvalue weighted by Crippen LogP contribution is 2.40. The molecule has 0 aliphatic heterocycles. The van der Waals surface area contributed by atoms with Gasteiger partial charge >= 0.3 is 11.9 Å². The Kier molecular flexibility index (Phi) is 18.0. The minimum atomic E-state index is -0.404. The largest absolute Gasteiger partial charge is 0.507 e. The van der Waals surface area contributed by atoms with Crippen molar-refractivity contribution in [2.75, 3.05) is 26.4 Å². The summed E-state index contributed by atoms with van der Waals surface area (Å²) in [6.07, 6.45) is 8.37. The summed E-state index contributed by atoms with van der Waals surface area (Å²) in [7, 11) is 0. The predicted molar refractivity (Wildman–Crippen MR) is 276 cm³/mol. The number of ether oxygens (including phenoxy) is 4. The van der Waals surface area contributed by atoms with Crippen molar-refractivity contribution in [3.63, 3.8) is 0 Å². The number of hydrogen-bond acceptors (Lipinski definition) is 8. The van der Waals surface area contributed by atoms with Crippen LogP contribution >= 0.6 is 0 Å². The summed E-state index contributed by atoms with van der Waals surface area (Å²) in [6.45, 7) is 30.4. The van der Waals surface area contributed by atoms with Gasteiger partial charge in [0, 0.05) is 0 Å². The summed E-state index contributed by atoms with van der Waals surface area (Å²) in [5, 5.41) is 24.1. The molecule has 8 bridgehead atoms. The molecule has 0 radical (unpaired) electrons. The summed E-state index contributed by atoms with van der Waals surface area (Å²) >= 11 is 0. The maximum Gasteiger partial charge on any atom is 0.344 e. The zero-order chi connectivity index (χ0) is 50.2. The zero-order valence-corrected chi connectivity index (χ0v) is 44.3. The van der Waals surface area contributed by atoms with Crippen molar-refractivity contribution in [3.8, 4) is 23.0 Å². The van der Waals surface area contributed by atoms with E-state index < -0.39 is 11.9 Å². The first kappa shape index (κ1) is 54.0. The minimum Gasteiger partial charge on any atom is -0.507 e. The van der Waals surface area contributed by atoms with Gasteiger partial charge in [0.25, 0.3) is 0 Å². The van der Waals surface area contributed by atoms with E-state index >= 15 is 0 Å². The van der Waals surface area contributed by atoms with E-state index in [2.05, 4.69) is 132 Å². The van der Waals surface area contributed by atoms with Gasteiger partial charge in [0.2, 0.25) is 0 Å². The third-order valence-electron chi connectivity index (χ3n) is 13.3. The number of esters is 2. The zero-order valence-electron chi connectivity index (χ0n) is 44.3. The number of carbonyl (C=O) groups is 2. The fourth-order valence-electron chi connectivity index (χ4n) is 9.18. The Bertz CT molecular complexity index is 2110. The van der Waals surface area contributed by atoms with Crippen LogP contribution in [0, 0.1) is 0 Å². The number of phenols is 2. The predicted octanol–water partition coefficient (Wildman–Crippen LogP) is 13.2. The molecule has 8 heteroatoms. The average Bonchev–Trinajstić information content (AvgIpc) is 3.23. The van der Waals surface area contributed by atoms with E-state index in [0.717, 1.165) is 81.7 Å². The molecule has 0 spiro atoms. The molecule has 1 aliphatic carbocycles. The summed E-state index contributed by atoms with van der Waals surface area (Å²) in [5.74, 6) is 1.34. The summed E-state index contributed by atoms with van der Waals surface area (Å²) in [6, 6.07) is 17.6. The molecule has 4 aromatic rings. The van der Waals surface area contributed by atoms with Crippen LogP contribution in [0.1, 0.15) is 189 Å². The number of carbonyl (C=O) groups excluding carboxylic acids is 2. The Morgan fingerprint density at radius 2 is 0.603 bits per heavy atom. The molecule has 0 aromatic heterocycles. The summed E-state index contributed by atoms with van der Waals surface area (Å²) in [5.41, 5.74) is 12.0. The van der Waals surface area contributed by atoms with Gasteiger partial charge in [-0.1, -0.05) is 132 Å². The number of aryl methyl sites for hydroxylation is 8. The molecule has 0 fully saturated rings. The highest BCUT2D eigenvalue weighted by Gasteiger charge is 2.26. The van der Waals surface area contributed by atoms with E-state index in [0.29, 0.717) is 62.9 Å². The Hall–Kier alpha value is -4.98. The standard InChI is InChI=1S/C60H84O8/c1-15-65-51(61)37-67-55-43-25-17-21-39-29-47(57(3,4)5)31-41(53(39)63)23-19-27-45-35-50(60(12,13)14)36-46(56(45)68-38-52(62)66-16-2)28-20-24-42-32-48(58(6,7)8)30-40(54(42)64)22-18-26-44(55)34-49(33-43)59(9,10)11/h29-36,63-64H,15-28,37-38H2,1-14H3. The number of phenolic OH excluding ortho intramolecular Hbond substituents is 2. The third kappa shape index (κ3) is 14.5. The maximum absolute atomic E-state index is 12.8. The van der Waals surface area contributed by atoms with Gasteiger partial charge in [-0.15, -0.1) is 0 Å². The first-order chi connectivity index (χ1) is 31.8. The highest BCUT2D eigenvalue weighted by molar-refractivity contribution is 5.71. The SMILES string of the molecule is CCOC(=O)COc1c2cc(C(C)(C)C)cc1CCCc1cc(C(C)(C)C)cc(c1O)CCCc1cc(C(C)(C)C)cc(c1OCC(=O)OCC)CCCc1cc(C(C)(C)C)cc(c1O)CCC2. The first-order valence-corrected chi connectivity index (χ1v) is 25.4. The molecular weight excluding hydrogens is 849 g/mol. The number of fused-ring (bicyclic) bond motifs is 8. The Balaban J connectivity index is 1.67. The van der Waals surface area contributed by atoms with E-state index in [-0.39, 0.29) is 48.1 Å². The van der Waals surface area contributed by atoms with Crippen LogP contribution in [-0.4, -0.2) is 48.6 Å². The molecule has 0 amide bonds. The van der Waals surface area contributed by atoms with Gasteiger partial charge in [-0.25, -0.2) is 9.59 Å². The van der Waals surface area contributed by atoms with E-state index in [1.165, 1.54) is 22.3 Å². The van der Waals surface area contributed by atoms with Crippen LogP contribution in [0.5, 0.6) is 23.0 Å². The van der Waals surface area contributed by atoms with Crippen LogP contribution in [0.3, 0.4) is 0 Å². The Morgan fingerprint density at radius 1 is 0.397 bits per heavy atom. The fourth-order valence-corrected chi connectivity index (χ4v) is 9.18. The smallest absolute Gasteiger partial charge is 0.344 e. The normalized spacial score (nSPS) is 14.7. The molecule has 0 atom stereocenters. The number of hydrogen-bond donors (Lipinski definition) is 2. The second kappa shape index (κ2) is 22.6. The summed E-state index contributed by atoms with van der Waals surface area (Å²) < 4.78 is 23.5. The lowest BCUT2D eigenvalue weighted by molar-refractivity contribution is -0.146. The molecule has 4 aromatic carbocycles. The van der Waals surface area contributed by atoms with E-state index in [1.54, 1.807) is 13.8 Å². The van der Waals surface area contributed by atoms with Crippen molar-refractivity contribution in [1.82, 2.24) is 0 Å². The van der Waals surface area contributed by atoms with Crippen LogP contribution < -0.4 is 9.47 Å². The van der Waals surface area contributed by atoms with Crippen molar-refractivity contribution < 1.29 is 38.7 Å². The Labute approximate surface area is 409 Å². The van der Waals surface area contributed by atoms with Crippen LogP contribution in [0.4, 0.5) is 0 Å². The topological polar surface area (TPSA) is 112 Å². The second-order valence-electron chi connectivity index (χ2n) is 23.1. The summed E-state index contributed by atoms with van der Waals surface area (Å²) in [4.78, 5) is 25.5. The molecule has 0 saturated heterocycles. The van der Waals surface area contributed by atoms with Crippen LogP contribution in [0.15, 0.2) is 48.5 Å². The van der Waals surface area contributed by atoms with Gasteiger partial charge in [-0.05, 0) is 179 Å². The van der Waals surface area contributed by atoms with Crippen molar-refractivity contribution in [2.45, 2.75) is 196 Å². The number of benzene rings is 4. The number of aromatic hydroxyl groups is 2. The van der Waals surface area contributed by atoms with Crippen molar-refractivity contribution in [2.24, 2.45) is 0 Å². The minimum absolute atomic E-state index is 0.140. The van der Waals surface area contributed by atoms with Crippen molar-refractivity contribution in [3.05, 3.63) is 115 Å². The molecule has 0 heterocycles. The maximum atomic E-state index is 12.8. The molecule has 0 unspecified atom stereocenters. The van der Waals surface area contributed by atoms with E-state index in [4.69, 9.17) is 18.9 Å². The lowest BCUT2D eigenvalue weighted by Gasteiger charge is -2.25. The monoisotopic (exact) mass is 933 g/mol. The molecule has 372 valence electrons. The highest BCUT2D eigenvalue weighted by atomic mass is 16.6. The van der Waals surface area contributed by atoms with Crippen molar-refractivity contribution in [1.29, 1.82) is 0 Å². The number of rotatable bonds is 8. The van der Waals surface area contributed by atoms with Crippen LogP contribution in [0.2, 0.25) is 0 Å². The lowest BCUT2D eigenvalue weighted by Crippen LogP contribution is -2.18. The molecule has 5 rings (SSSR count). The molecule has 0 saturated carbocycles. The fraction of sp³-hybridized carbons (Fsp3) is 0.567. The van der Waals surface area contributed by atoms with E-state index in [9.17, 15) is 19.8 Å². The molecule has 8 nitrogen and oxygen atoms in total. The first-order valence-electron chi connectivity index (χ1n) is 25.4. The van der Waals surface area contributed by atoms with Gasteiger partial charge in [0.1, 0.15) is 23.0 Å². The lowest BCUT2D eigenvalue weighted by atomic mass is 9.81. The van der Waals surface area contributed by atoms with Gasteiger partial charge in [0.15, 0.2) is 13.2 Å². The quantitative estimate of drug-likeness (QED) is 0.168. The van der Waals surface area contributed by atoms with Crippen LogP contribution in [0.25, 0.3) is 0 Å². The molecule has 1 aliphatic rings. The van der Waals surface area contributed by atoms with Gasteiger partial charge in [-0.3, -0.25) is 0 Å². The van der Waals surface area contributed by atoms with Gasteiger partial charge in [-0.2, -0.15) is 0 Å². The van der Waals surface area contributed by atoms with Gasteiger partial charge < -0.3 is 29.2 Å².